The standard InChI is InChI=1S/C14H19ClFNO2S/c1-9(2)10(3)17(11-4-5-11)20(18,19)12-6-7-14(16)13(15)8-12/h6-11H,4-5H2,1-3H3. The number of nitrogens with zero attached hydrogens (tertiary/aromatic N) is 1. The van der Waals surface area contributed by atoms with Gasteiger partial charge >= 0.3 is 0 Å². The van der Waals surface area contributed by atoms with Crippen molar-refractivity contribution < 1.29 is 12.8 Å². The third-order valence-electron chi connectivity index (χ3n) is 3.74. The van der Waals surface area contributed by atoms with Gasteiger partial charge in [-0.1, -0.05) is 25.4 Å². The summed E-state index contributed by atoms with van der Waals surface area (Å²) in [6.07, 6.45) is 1.76. The number of hydrogen-bond acceptors (Lipinski definition) is 2. The zero-order valence-corrected chi connectivity index (χ0v) is 13.4. The van der Waals surface area contributed by atoms with Crippen molar-refractivity contribution in [2.45, 2.75) is 50.6 Å². The Kier molecular flexibility index (Phi) is 4.42. The minimum absolute atomic E-state index is 0.0567. The van der Waals surface area contributed by atoms with E-state index in [-0.39, 0.29) is 27.9 Å². The number of hydrogen-bond donors (Lipinski definition) is 0. The van der Waals surface area contributed by atoms with E-state index < -0.39 is 15.8 Å². The van der Waals surface area contributed by atoms with Gasteiger partial charge in [0.1, 0.15) is 5.82 Å². The Morgan fingerprint density at radius 1 is 1.30 bits per heavy atom. The second kappa shape index (κ2) is 5.62. The van der Waals surface area contributed by atoms with E-state index in [1.165, 1.54) is 12.1 Å². The predicted octanol–water partition coefficient (Wildman–Crippen LogP) is 3.68. The summed E-state index contributed by atoms with van der Waals surface area (Å²) in [5.41, 5.74) is 0. The highest BCUT2D eigenvalue weighted by Gasteiger charge is 2.41. The molecule has 0 bridgehead atoms. The van der Waals surface area contributed by atoms with Crippen LogP contribution in [0.15, 0.2) is 23.1 Å². The van der Waals surface area contributed by atoms with Gasteiger partial charge in [0.25, 0.3) is 0 Å². The zero-order chi connectivity index (χ0) is 15.1. The molecule has 1 atom stereocenters. The molecule has 0 spiro atoms. The van der Waals surface area contributed by atoms with Crippen molar-refractivity contribution in [3.8, 4) is 0 Å². The fourth-order valence-electron chi connectivity index (χ4n) is 2.13. The molecule has 0 heterocycles. The highest BCUT2D eigenvalue weighted by molar-refractivity contribution is 7.89. The minimum atomic E-state index is -3.64. The molecule has 0 saturated heterocycles. The summed E-state index contributed by atoms with van der Waals surface area (Å²) >= 11 is 5.70. The molecule has 6 heteroatoms. The van der Waals surface area contributed by atoms with Gasteiger partial charge in [-0.05, 0) is 43.9 Å². The van der Waals surface area contributed by atoms with Crippen molar-refractivity contribution in [3.63, 3.8) is 0 Å². The maximum Gasteiger partial charge on any atom is 0.243 e. The average Bonchev–Trinajstić information content (AvgIpc) is 3.16. The lowest BCUT2D eigenvalue weighted by molar-refractivity contribution is 0.269. The molecule has 0 aliphatic heterocycles. The Labute approximate surface area is 124 Å². The highest BCUT2D eigenvalue weighted by atomic mass is 35.5. The Morgan fingerprint density at radius 2 is 1.90 bits per heavy atom. The van der Waals surface area contributed by atoms with Gasteiger partial charge in [-0.3, -0.25) is 0 Å². The predicted molar refractivity (Wildman–Crippen MR) is 77.8 cm³/mol. The third-order valence-corrected chi connectivity index (χ3v) is 6.06. The van der Waals surface area contributed by atoms with E-state index in [2.05, 4.69) is 0 Å². The molecule has 20 heavy (non-hydrogen) atoms. The van der Waals surface area contributed by atoms with Crippen molar-refractivity contribution in [1.82, 2.24) is 4.31 Å². The lowest BCUT2D eigenvalue weighted by Crippen LogP contribution is -2.43. The summed E-state index contributed by atoms with van der Waals surface area (Å²) in [6.45, 7) is 5.89. The SMILES string of the molecule is CC(C)C(C)N(C1CC1)S(=O)(=O)c1ccc(F)c(Cl)c1. The van der Waals surface area contributed by atoms with E-state index in [1.54, 1.807) is 4.31 Å². The van der Waals surface area contributed by atoms with Crippen LogP contribution in [0.4, 0.5) is 4.39 Å². The molecule has 3 nitrogen and oxygen atoms in total. The van der Waals surface area contributed by atoms with Crippen LogP contribution in [0, 0.1) is 11.7 Å². The van der Waals surface area contributed by atoms with E-state index in [9.17, 15) is 12.8 Å². The second-order valence-electron chi connectivity index (χ2n) is 5.63. The minimum Gasteiger partial charge on any atom is -0.207 e. The van der Waals surface area contributed by atoms with Gasteiger partial charge in [-0.25, -0.2) is 12.8 Å². The Balaban J connectivity index is 2.42. The fraction of sp³-hybridized carbons (Fsp3) is 0.571. The van der Waals surface area contributed by atoms with E-state index in [0.29, 0.717) is 0 Å². The number of rotatable bonds is 5. The topological polar surface area (TPSA) is 37.4 Å². The Bertz CT molecular complexity index is 599. The second-order valence-corrected chi connectivity index (χ2v) is 7.88. The molecule has 0 amide bonds. The summed E-state index contributed by atoms with van der Waals surface area (Å²) in [5.74, 6) is -0.401. The normalized spacial score (nSPS) is 17.8. The summed E-state index contributed by atoms with van der Waals surface area (Å²) in [4.78, 5) is 0.0586. The molecule has 1 aliphatic rings. The molecule has 1 aliphatic carbocycles. The smallest absolute Gasteiger partial charge is 0.207 e. The maximum absolute atomic E-state index is 13.2. The monoisotopic (exact) mass is 319 g/mol. The lowest BCUT2D eigenvalue weighted by Gasteiger charge is -2.31. The van der Waals surface area contributed by atoms with Crippen molar-refractivity contribution >= 4 is 21.6 Å². The molecule has 1 unspecified atom stereocenters. The first-order valence-corrected chi connectivity index (χ1v) is 8.55. The van der Waals surface area contributed by atoms with Crippen LogP contribution in [0.1, 0.15) is 33.6 Å². The van der Waals surface area contributed by atoms with Crippen LogP contribution in [0.5, 0.6) is 0 Å². The fourth-order valence-corrected chi connectivity index (χ4v) is 4.41. The van der Waals surface area contributed by atoms with Gasteiger partial charge in [-0.2, -0.15) is 4.31 Å². The molecule has 1 saturated carbocycles. The summed E-state index contributed by atoms with van der Waals surface area (Å²) < 4.78 is 40.3. The van der Waals surface area contributed by atoms with Crippen LogP contribution >= 0.6 is 11.6 Å². The number of halogens is 2. The van der Waals surface area contributed by atoms with Crippen molar-refractivity contribution in [2.75, 3.05) is 0 Å². The molecule has 0 aromatic heterocycles. The van der Waals surface area contributed by atoms with Gasteiger partial charge in [0, 0.05) is 12.1 Å². The first-order chi connectivity index (χ1) is 9.25. The van der Waals surface area contributed by atoms with Crippen LogP contribution in [0.3, 0.4) is 0 Å². The molecule has 1 fully saturated rings. The lowest BCUT2D eigenvalue weighted by atomic mass is 10.1. The van der Waals surface area contributed by atoms with Gasteiger partial charge < -0.3 is 0 Å². The molecule has 2 rings (SSSR count). The van der Waals surface area contributed by atoms with Gasteiger partial charge in [0.15, 0.2) is 0 Å². The number of benzene rings is 1. The molecule has 0 N–H and O–H groups in total. The van der Waals surface area contributed by atoms with Gasteiger partial charge in [0.2, 0.25) is 10.0 Å². The van der Waals surface area contributed by atoms with Crippen LogP contribution in [0.2, 0.25) is 5.02 Å². The van der Waals surface area contributed by atoms with E-state index in [0.717, 1.165) is 18.9 Å². The third kappa shape index (κ3) is 3.00. The average molecular weight is 320 g/mol. The van der Waals surface area contributed by atoms with Gasteiger partial charge in [0.05, 0.1) is 9.92 Å². The van der Waals surface area contributed by atoms with Crippen LogP contribution in [-0.2, 0) is 10.0 Å². The highest BCUT2D eigenvalue weighted by Crippen LogP contribution is 2.36. The summed E-state index contributed by atoms with van der Waals surface area (Å²) in [5, 5.41) is -0.168. The van der Waals surface area contributed by atoms with E-state index in [4.69, 9.17) is 11.6 Å². The quantitative estimate of drug-likeness (QED) is 0.830. The largest absolute Gasteiger partial charge is 0.243 e. The summed E-state index contributed by atoms with van der Waals surface area (Å²) in [6, 6.07) is 3.52. The zero-order valence-electron chi connectivity index (χ0n) is 11.8. The van der Waals surface area contributed by atoms with Crippen molar-refractivity contribution in [2.24, 2.45) is 5.92 Å². The van der Waals surface area contributed by atoms with Crippen LogP contribution in [0.25, 0.3) is 0 Å². The molecular formula is C14H19ClFNO2S. The van der Waals surface area contributed by atoms with E-state index >= 15 is 0 Å². The van der Waals surface area contributed by atoms with Gasteiger partial charge in [-0.15, -0.1) is 0 Å². The van der Waals surface area contributed by atoms with Crippen molar-refractivity contribution in [3.05, 3.63) is 29.0 Å². The Hall–Kier alpha value is -0.650. The molecule has 112 valence electrons. The van der Waals surface area contributed by atoms with E-state index in [1.807, 2.05) is 20.8 Å². The molecule has 1 aromatic carbocycles. The first-order valence-electron chi connectivity index (χ1n) is 6.73. The van der Waals surface area contributed by atoms with Crippen LogP contribution < -0.4 is 0 Å². The maximum atomic E-state index is 13.2. The van der Waals surface area contributed by atoms with Crippen LogP contribution in [-0.4, -0.2) is 24.8 Å². The first kappa shape index (κ1) is 15.7. The molecule has 0 radical (unpaired) electrons. The Morgan fingerprint density at radius 3 is 2.35 bits per heavy atom. The molecular weight excluding hydrogens is 301 g/mol. The summed E-state index contributed by atoms with van der Waals surface area (Å²) in [7, 11) is -3.64. The molecule has 1 aromatic rings. The van der Waals surface area contributed by atoms with Crippen molar-refractivity contribution in [1.29, 1.82) is 0 Å². The number of sulfonamides is 1.